The standard InChI is InChI=1S/C19H31NO/c1-4-7-9-17(8-5-2)20-13-12-15-14-16(19(21)6-3)10-11-18(15)20/h10-11,14,17,19,21H,4-9,12-13H2,1-3H3. The van der Waals surface area contributed by atoms with Gasteiger partial charge in [-0.3, -0.25) is 0 Å². The smallest absolute Gasteiger partial charge is 0.0787 e. The van der Waals surface area contributed by atoms with Crippen molar-refractivity contribution in [3.8, 4) is 0 Å². The maximum absolute atomic E-state index is 10.0. The summed E-state index contributed by atoms with van der Waals surface area (Å²) < 4.78 is 0. The highest BCUT2D eigenvalue weighted by atomic mass is 16.3. The van der Waals surface area contributed by atoms with Crippen molar-refractivity contribution in [2.75, 3.05) is 11.4 Å². The minimum atomic E-state index is -0.309. The Morgan fingerprint density at radius 3 is 2.62 bits per heavy atom. The van der Waals surface area contributed by atoms with Crippen LogP contribution in [0.25, 0.3) is 0 Å². The SMILES string of the molecule is CCCCC(CCC)N1CCc2cc(C(O)CC)ccc21. The number of hydrogen-bond donors (Lipinski definition) is 1. The van der Waals surface area contributed by atoms with Crippen LogP contribution in [-0.2, 0) is 6.42 Å². The van der Waals surface area contributed by atoms with Crippen LogP contribution >= 0.6 is 0 Å². The van der Waals surface area contributed by atoms with Crippen molar-refractivity contribution in [1.82, 2.24) is 0 Å². The monoisotopic (exact) mass is 289 g/mol. The molecule has 0 fully saturated rings. The molecule has 1 aromatic carbocycles. The summed E-state index contributed by atoms with van der Waals surface area (Å²) in [4.78, 5) is 2.62. The molecule has 1 aromatic rings. The molecule has 2 unspecified atom stereocenters. The quantitative estimate of drug-likeness (QED) is 0.739. The second-order valence-corrected chi connectivity index (χ2v) is 6.34. The molecule has 1 aliphatic heterocycles. The highest BCUT2D eigenvalue weighted by molar-refractivity contribution is 5.60. The zero-order valence-corrected chi connectivity index (χ0v) is 13.9. The van der Waals surface area contributed by atoms with Crippen LogP contribution in [0.3, 0.4) is 0 Å². The van der Waals surface area contributed by atoms with Gasteiger partial charge in [-0.15, -0.1) is 0 Å². The summed E-state index contributed by atoms with van der Waals surface area (Å²) >= 11 is 0. The molecule has 0 aromatic heterocycles. The topological polar surface area (TPSA) is 23.5 Å². The van der Waals surface area contributed by atoms with E-state index in [-0.39, 0.29) is 6.10 Å². The highest BCUT2D eigenvalue weighted by Gasteiger charge is 2.25. The first kappa shape index (κ1) is 16.4. The number of benzene rings is 1. The maximum Gasteiger partial charge on any atom is 0.0787 e. The molecule has 0 spiro atoms. The molecule has 0 saturated heterocycles. The Hall–Kier alpha value is -1.02. The predicted molar refractivity (Wildman–Crippen MR) is 91.0 cm³/mol. The molecular weight excluding hydrogens is 258 g/mol. The summed E-state index contributed by atoms with van der Waals surface area (Å²) in [5.74, 6) is 0. The van der Waals surface area contributed by atoms with Crippen molar-refractivity contribution in [3.05, 3.63) is 29.3 Å². The third-order valence-electron chi connectivity index (χ3n) is 4.76. The van der Waals surface area contributed by atoms with E-state index in [1.54, 1.807) is 0 Å². The summed E-state index contributed by atoms with van der Waals surface area (Å²) in [7, 11) is 0. The minimum Gasteiger partial charge on any atom is -0.388 e. The number of unbranched alkanes of at least 4 members (excludes halogenated alkanes) is 1. The van der Waals surface area contributed by atoms with Crippen molar-refractivity contribution < 1.29 is 5.11 Å². The van der Waals surface area contributed by atoms with E-state index in [2.05, 4.69) is 36.9 Å². The fraction of sp³-hybridized carbons (Fsp3) is 0.684. The van der Waals surface area contributed by atoms with E-state index in [1.165, 1.54) is 43.4 Å². The fourth-order valence-electron chi connectivity index (χ4n) is 3.50. The number of anilines is 1. The molecule has 0 bridgehead atoms. The zero-order chi connectivity index (χ0) is 15.2. The number of aliphatic hydroxyl groups is 1. The number of hydrogen-bond acceptors (Lipinski definition) is 2. The summed E-state index contributed by atoms with van der Waals surface area (Å²) in [6.45, 7) is 7.75. The van der Waals surface area contributed by atoms with E-state index in [1.807, 2.05) is 6.92 Å². The van der Waals surface area contributed by atoms with E-state index >= 15 is 0 Å². The van der Waals surface area contributed by atoms with Crippen molar-refractivity contribution in [1.29, 1.82) is 0 Å². The Labute approximate surface area is 130 Å². The number of nitrogens with zero attached hydrogens (tertiary/aromatic N) is 1. The van der Waals surface area contributed by atoms with E-state index in [0.29, 0.717) is 6.04 Å². The predicted octanol–water partition coefficient (Wildman–Crippen LogP) is 4.85. The second-order valence-electron chi connectivity index (χ2n) is 6.34. The van der Waals surface area contributed by atoms with Gasteiger partial charge in [-0.2, -0.15) is 0 Å². The average Bonchev–Trinajstić information content (AvgIpc) is 2.93. The van der Waals surface area contributed by atoms with Crippen LogP contribution in [0.4, 0.5) is 5.69 Å². The van der Waals surface area contributed by atoms with Crippen LogP contribution in [0.2, 0.25) is 0 Å². The molecule has 2 heteroatoms. The summed E-state index contributed by atoms with van der Waals surface area (Å²) in [6, 6.07) is 7.28. The molecule has 0 saturated carbocycles. The Morgan fingerprint density at radius 2 is 1.95 bits per heavy atom. The lowest BCUT2D eigenvalue weighted by molar-refractivity contribution is 0.173. The molecule has 2 atom stereocenters. The Morgan fingerprint density at radius 1 is 1.14 bits per heavy atom. The summed E-state index contributed by atoms with van der Waals surface area (Å²) in [6.07, 6.45) is 8.07. The molecule has 2 rings (SSSR count). The first-order valence-electron chi connectivity index (χ1n) is 8.78. The van der Waals surface area contributed by atoms with Crippen molar-refractivity contribution >= 4 is 5.69 Å². The summed E-state index contributed by atoms with van der Waals surface area (Å²) in [5, 5.41) is 10.0. The third-order valence-corrected chi connectivity index (χ3v) is 4.76. The van der Waals surface area contributed by atoms with Gasteiger partial charge in [0.05, 0.1) is 6.10 Å². The lowest BCUT2D eigenvalue weighted by atomic mass is 10.0. The van der Waals surface area contributed by atoms with E-state index in [9.17, 15) is 5.11 Å². The maximum atomic E-state index is 10.0. The molecule has 1 aliphatic rings. The first-order valence-corrected chi connectivity index (χ1v) is 8.78. The highest BCUT2D eigenvalue weighted by Crippen LogP contribution is 2.34. The van der Waals surface area contributed by atoms with Crippen molar-refractivity contribution in [2.24, 2.45) is 0 Å². The van der Waals surface area contributed by atoms with E-state index in [4.69, 9.17) is 0 Å². The summed E-state index contributed by atoms with van der Waals surface area (Å²) in [5.41, 5.74) is 3.92. The van der Waals surface area contributed by atoms with Crippen LogP contribution in [0.1, 0.15) is 76.5 Å². The van der Waals surface area contributed by atoms with Crippen molar-refractivity contribution in [2.45, 2.75) is 77.9 Å². The number of aliphatic hydroxyl groups excluding tert-OH is 1. The molecule has 118 valence electrons. The van der Waals surface area contributed by atoms with Gasteiger partial charge in [-0.05, 0) is 42.9 Å². The Balaban J connectivity index is 2.16. The van der Waals surface area contributed by atoms with Crippen LogP contribution in [-0.4, -0.2) is 17.7 Å². The largest absolute Gasteiger partial charge is 0.388 e. The van der Waals surface area contributed by atoms with Crippen LogP contribution in [0, 0.1) is 0 Å². The zero-order valence-electron chi connectivity index (χ0n) is 13.9. The molecule has 1 heterocycles. The third kappa shape index (κ3) is 3.79. The molecular formula is C19H31NO. The molecule has 0 amide bonds. The molecule has 1 N–H and O–H groups in total. The van der Waals surface area contributed by atoms with Gasteiger partial charge in [-0.1, -0.05) is 52.2 Å². The van der Waals surface area contributed by atoms with Gasteiger partial charge in [0.1, 0.15) is 0 Å². The molecule has 0 aliphatic carbocycles. The fourth-order valence-corrected chi connectivity index (χ4v) is 3.50. The molecule has 2 nitrogen and oxygen atoms in total. The van der Waals surface area contributed by atoms with Gasteiger partial charge in [0.15, 0.2) is 0 Å². The second kappa shape index (κ2) is 7.84. The van der Waals surface area contributed by atoms with Gasteiger partial charge in [0.2, 0.25) is 0 Å². The van der Waals surface area contributed by atoms with Gasteiger partial charge in [0.25, 0.3) is 0 Å². The van der Waals surface area contributed by atoms with Crippen LogP contribution in [0.15, 0.2) is 18.2 Å². The van der Waals surface area contributed by atoms with Crippen LogP contribution < -0.4 is 4.90 Å². The number of rotatable bonds is 8. The van der Waals surface area contributed by atoms with E-state index in [0.717, 1.165) is 24.9 Å². The van der Waals surface area contributed by atoms with Gasteiger partial charge in [-0.25, -0.2) is 0 Å². The lowest BCUT2D eigenvalue weighted by Crippen LogP contribution is -2.33. The lowest BCUT2D eigenvalue weighted by Gasteiger charge is -2.30. The molecule has 21 heavy (non-hydrogen) atoms. The van der Waals surface area contributed by atoms with E-state index < -0.39 is 0 Å². The van der Waals surface area contributed by atoms with Gasteiger partial charge < -0.3 is 10.0 Å². The Kier molecular flexibility index (Phi) is 6.10. The average molecular weight is 289 g/mol. The minimum absolute atomic E-state index is 0.309. The van der Waals surface area contributed by atoms with Gasteiger partial charge in [0, 0.05) is 18.3 Å². The first-order chi connectivity index (χ1) is 10.2. The van der Waals surface area contributed by atoms with Gasteiger partial charge >= 0.3 is 0 Å². The van der Waals surface area contributed by atoms with Crippen LogP contribution in [0.5, 0.6) is 0 Å². The Bertz CT molecular complexity index is 443. The molecule has 0 radical (unpaired) electrons. The number of fused-ring (bicyclic) bond motifs is 1. The normalized spacial score (nSPS) is 16.9. The van der Waals surface area contributed by atoms with Crippen molar-refractivity contribution in [3.63, 3.8) is 0 Å².